The lowest BCUT2D eigenvalue weighted by Gasteiger charge is -1.95. The van der Waals surface area contributed by atoms with Crippen LogP contribution in [0.15, 0.2) is 24.5 Å². The van der Waals surface area contributed by atoms with Gasteiger partial charge in [0.15, 0.2) is 0 Å². The van der Waals surface area contributed by atoms with Crippen molar-refractivity contribution in [3.8, 4) is 0 Å². The van der Waals surface area contributed by atoms with Gasteiger partial charge in [0.1, 0.15) is 0 Å². The summed E-state index contributed by atoms with van der Waals surface area (Å²) in [7, 11) is 1.93. The van der Waals surface area contributed by atoms with Gasteiger partial charge < -0.3 is 5.32 Å². The molecular weight excluding hydrogens is 148 g/mol. The Bertz CT molecular complexity index is 178. The molecule has 1 heterocycles. The smallest absolute Gasteiger partial charge is 0.0271 e. The number of hydrogen-bond donors (Lipinski definition) is 1. The summed E-state index contributed by atoms with van der Waals surface area (Å²) in [6.45, 7) is 5.17. The minimum Gasteiger partial charge on any atom is -0.316 e. The van der Waals surface area contributed by atoms with Crippen LogP contribution in [0.25, 0.3) is 0 Å². The molecule has 1 aromatic heterocycles. The van der Waals surface area contributed by atoms with Crippen molar-refractivity contribution in [3.05, 3.63) is 30.1 Å². The summed E-state index contributed by atoms with van der Waals surface area (Å²) in [4.78, 5) is 3.90. The molecule has 0 saturated carbocycles. The lowest BCUT2D eigenvalue weighted by molar-refractivity contribution is 0.816. The van der Waals surface area contributed by atoms with E-state index >= 15 is 0 Å². The topological polar surface area (TPSA) is 24.9 Å². The van der Waals surface area contributed by atoms with Crippen LogP contribution < -0.4 is 5.32 Å². The van der Waals surface area contributed by atoms with Crippen LogP contribution in [-0.2, 0) is 6.54 Å². The zero-order valence-corrected chi connectivity index (χ0v) is 8.17. The molecule has 0 amide bonds. The Kier molecular flexibility index (Phi) is 7.60. The van der Waals surface area contributed by atoms with E-state index < -0.39 is 0 Å². The summed E-state index contributed by atoms with van der Waals surface area (Å²) in [5, 5.41) is 3.06. The molecule has 1 N–H and O–H groups in total. The van der Waals surface area contributed by atoms with Crippen LogP contribution >= 0.6 is 0 Å². The van der Waals surface area contributed by atoms with Gasteiger partial charge in [-0.05, 0) is 24.7 Å². The molecule has 0 aliphatic heterocycles. The first kappa shape index (κ1) is 11.1. The number of nitrogens with one attached hydrogen (secondary N) is 1. The van der Waals surface area contributed by atoms with Gasteiger partial charge in [-0.2, -0.15) is 0 Å². The Hall–Kier alpha value is -0.890. The minimum absolute atomic E-state index is 0. The number of rotatable bonds is 2. The van der Waals surface area contributed by atoms with Crippen LogP contribution in [0, 0.1) is 0 Å². The molecule has 0 radical (unpaired) electrons. The predicted octanol–water partition coefficient (Wildman–Crippen LogP) is 2.46. The Morgan fingerprint density at radius 3 is 2.25 bits per heavy atom. The van der Waals surface area contributed by atoms with E-state index in [1.807, 2.05) is 19.2 Å². The maximum absolute atomic E-state index is 3.90. The highest BCUT2D eigenvalue weighted by atomic mass is 14.8. The Morgan fingerprint density at radius 1 is 1.33 bits per heavy atom. The molecule has 1 aromatic rings. The monoisotopic (exact) mass is 168 g/mol. The molecule has 0 unspecified atom stereocenters. The zero-order valence-electron chi connectivity index (χ0n) is 8.17. The fourth-order valence-corrected chi connectivity index (χ4v) is 0.705. The number of nitrogens with zero attached hydrogens (tertiary/aromatic N) is 1. The van der Waals surface area contributed by atoms with Crippen LogP contribution in [-0.4, -0.2) is 12.0 Å². The van der Waals surface area contributed by atoms with Crippen molar-refractivity contribution in [1.82, 2.24) is 10.3 Å². The summed E-state index contributed by atoms with van der Waals surface area (Å²) in [5.41, 5.74) is 1.27. The Morgan fingerprint density at radius 2 is 1.83 bits per heavy atom. The summed E-state index contributed by atoms with van der Waals surface area (Å²) in [6, 6.07) is 3.99. The second kappa shape index (κ2) is 8.21. The van der Waals surface area contributed by atoms with Crippen molar-refractivity contribution in [1.29, 1.82) is 0 Å². The average Bonchev–Trinajstić information content (AvgIpc) is 2.08. The predicted molar refractivity (Wildman–Crippen MR) is 55.1 cm³/mol. The van der Waals surface area contributed by atoms with Crippen molar-refractivity contribution >= 4 is 0 Å². The summed E-state index contributed by atoms with van der Waals surface area (Å²) in [6.07, 6.45) is 4.85. The Labute approximate surface area is 76.5 Å². The molecule has 0 aliphatic carbocycles. The molecule has 0 aliphatic rings. The van der Waals surface area contributed by atoms with Crippen LogP contribution in [0.5, 0.6) is 0 Å². The molecule has 0 aromatic carbocycles. The molecule has 12 heavy (non-hydrogen) atoms. The lowest BCUT2D eigenvalue weighted by Crippen LogP contribution is -2.04. The third-order valence-corrected chi connectivity index (χ3v) is 1.13. The van der Waals surface area contributed by atoms with E-state index in [0.717, 1.165) is 6.54 Å². The highest BCUT2D eigenvalue weighted by molar-refractivity contribution is 5.08. The van der Waals surface area contributed by atoms with Gasteiger partial charge in [-0.3, -0.25) is 4.98 Å². The first-order chi connectivity index (χ1) is 5.85. The molecule has 2 nitrogen and oxygen atoms in total. The van der Waals surface area contributed by atoms with Crippen molar-refractivity contribution in [2.75, 3.05) is 7.05 Å². The SMILES string of the molecule is CCC.CNCc1ccncc1.[HH]. The molecule has 0 atom stereocenters. The summed E-state index contributed by atoms with van der Waals surface area (Å²) in [5.74, 6) is 0. The standard InChI is InChI=1S/C7H10N2.C3H8.H2/c1-8-6-7-2-4-9-5-3-7;1-3-2;/h2-5,8H,6H2,1H3;3H2,1-2H3;1H. The molecule has 1 rings (SSSR count). The zero-order chi connectivity index (χ0) is 9.23. The van der Waals surface area contributed by atoms with E-state index in [1.54, 1.807) is 12.4 Å². The van der Waals surface area contributed by atoms with E-state index in [4.69, 9.17) is 0 Å². The van der Waals surface area contributed by atoms with Crippen molar-refractivity contribution in [2.45, 2.75) is 26.8 Å². The quantitative estimate of drug-likeness (QED) is 0.733. The van der Waals surface area contributed by atoms with Crippen molar-refractivity contribution < 1.29 is 1.43 Å². The highest BCUT2D eigenvalue weighted by Gasteiger charge is 1.84. The first-order valence-corrected chi connectivity index (χ1v) is 4.38. The molecule has 0 bridgehead atoms. The fourth-order valence-electron chi connectivity index (χ4n) is 0.705. The van der Waals surface area contributed by atoms with Gasteiger partial charge in [0, 0.05) is 20.4 Å². The van der Waals surface area contributed by atoms with Crippen molar-refractivity contribution in [2.24, 2.45) is 0 Å². The van der Waals surface area contributed by atoms with Crippen LogP contribution in [0.2, 0.25) is 0 Å². The molecule has 0 saturated heterocycles. The van der Waals surface area contributed by atoms with E-state index in [1.165, 1.54) is 12.0 Å². The molecular formula is C10H20N2. The van der Waals surface area contributed by atoms with Gasteiger partial charge in [-0.1, -0.05) is 20.3 Å². The van der Waals surface area contributed by atoms with Gasteiger partial charge >= 0.3 is 0 Å². The minimum atomic E-state index is 0. The maximum atomic E-state index is 3.90. The second-order valence-electron chi connectivity index (χ2n) is 2.59. The highest BCUT2D eigenvalue weighted by Crippen LogP contribution is 1.92. The van der Waals surface area contributed by atoms with Crippen LogP contribution in [0.3, 0.4) is 0 Å². The second-order valence-corrected chi connectivity index (χ2v) is 2.59. The number of hydrogen-bond acceptors (Lipinski definition) is 2. The van der Waals surface area contributed by atoms with E-state index in [-0.39, 0.29) is 1.43 Å². The van der Waals surface area contributed by atoms with Gasteiger partial charge in [-0.15, -0.1) is 0 Å². The van der Waals surface area contributed by atoms with Crippen LogP contribution in [0.4, 0.5) is 0 Å². The lowest BCUT2D eigenvalue weighted by atomic mass is 10.3. The normalized spacial score (nSPS) is 8.58. The van der Waals surface area contributed by atoms with E-state index in [2.05, 4.69) is 24.1 Å². The summed E-state index contributed by atoms with van der Waals surface area (Å²) < 4.78 is 0. The molecule has 70 valence electrons. The molecule has 0 fully saturated rings. The van der Waals surface area contributed by atoms with Gasteiger partial charge in [0.2, 0.25) is 0 Å². The Balaban J connectivity index is 0. The number of aromatic nitrogens is 1. The average molecular weight is 168 g/mol. The van der Waals surface area contributed by atoms with E-state index in [9.17, 15) is 0 Å². The largest absolute Gasteiger partial charge is 0.316 e. The van der Waals surface area contributed by atoms with Gasteiger partial charge in [0.05, 0.1) is 0 Å². The molecule has 2 heteroatoms. The first-order valence-electron chi connectivity index (χ1n) is 4.38. The molecule has 0 spiro atoms. The van der Waals surface area contributed by atoms with Gasteiger partial charge in [-0.25, -0.2) is 0 Å². The summed E-state index contributed by atoms with van der Waals surface area (Å²) >= 11 is 0. The van der Waals surface area contributed by atoms with Crippen LogP contribution in [0.1, 0.15) is 27.3 Å². The third kappa shape index (κ3) is 5.86. The fraction of sp³-hybridized carbons (Fsp3) is 0.500. The van der Waals surface area contributed by atoms with E-state index in [0.29, 0.717) is 0 Å². The third-order valence-electron chi connectivity index (χ3n) is 1.13. The van der Waals surface area contributed by atoms with Gasteiger partial charge in [0.25, 0.3) is 0 Å². The number of pyridine rings is 1. The maximum Gasteiger partial charge on any atom is 0.0271 e. The van der Waals surface area contributed by atoms with Crippen molar-refractivity contribution in [3.63, 3.8) is 0 Å².